The van der Waals surface area contributed by atoms with Gasteiger partial charge in [-0.3, -0.25) is 4.79 Å². The molecule has 0 radical (unpaired) electrons. The summed E-state index contributed by atoms with van der Waals surface area (Å²) in [5.74, 6) is -1.60. The van der Waals surface area contributed by atoms with Crippen LogP contribution < -0.4 is 5.63 Å². The first-order valence-corrected chi connectivity index (χ1v) is 8.18. The minimum atomic E-state index is -0.893. The number of thiophene rings is 1. The number of carbonyl (C=O) groups is 2. The predicted molar refractivity (Wildman–Crippen MR) is 91.5 cm³/mol. The number of para-hydroxylation sites is 1. The fourth-order valence-electron chi connectivity index (χ4n) is 2.38. The van der Waals surface area contributed by atoms with Crippen molar-refractivity contribution in [2.45, 2.75) is 13.8 Å². The van der Waals surface area contributed by atoms with Crippen LogP contribution in [0.5, 0.6) is 0 Å². The Kier molecular flexibility index (Phi) is 4.31. The van der Waals surface area contributed by atoms with E-state index in [4.69, 9.17) is 9.15 Å². The van der Waals surface area contributed by atoms with E-state index in [1.165, 1.54) is 11.3 Å². The zero-order valence-electron chi connectivity index (χ0n) is 13.1. The quantitative estimate of drug-likeness (QED) is 0.314. The molecule has 0 atom stereocenters. The number of hydrogen-bond donors (Lipinski definition) is 0. The summed E-state index contributed by atoms with van der Waals surface area (Å²) in [6, 6.07) is 10.5. The van der Waals surface area contributed by atoms with E-state index in [0.717, 1.165) is 5.39 Å². The van der Waals surface area contributed by atoms with Crippen molar-refractivity contribution >= 4 is 34.1 Å². The van der Waals surface area contributed by atoms with Crippen LogP contribution in [-0.2, 0) is 9.53 Å². The summed E-state index contributed by atoms with van der Waals surface area (Å²) in [5.41, 5.74) is 0.637. The first-order valence-electron chi connectivity index (χ1n) is 7.36. The molecule has 0 unspecified atom stereocenters. The van der Waals surface area contributed by atoms with Crippen LogP contribution in [0, 0.1) is 6.92 Å². The molecule has 0 aliphatic carbocycles. The molecule has 6 heteroatoms. The Morgan fingerprint density at radius 3 is 2.71 bits per heavy atom. The number of esters is 1. The van der Waals surface area contributed by atoms with Crippen molar-refractivity contribution in [1.29, 1.82) is 0 Å². The fraction of sp³-hybridized carbons (Fsp3) is 0.167. The molecule has 122 valence electrons. The largest absolute Gasteiger partial charge is 0.460 e. The second kappa shape index (κ2) is 6.41. The number of ketones is 1. The molecule has 0 amide bonds. The molecule has 3 rings (SSSR count). The Labute approximate surface area is 141 Å². The maximum atomic E-state index is 12.2. The van der Waals surface area contributed by atoms with E-state index in [-0.39, 0.29) is 12.2 Å². The highest BCUT2D eigenvalue weighted by Gasteiger charge is 2.23. The highest BCUT2D eigenvalue weighted by molar-refractivity contribution is 7.15. The predicted octanol–water partition coefficient (Wildman–Crippen LogP) is 3.58. The van der Waals surface area contributed by atoms with E-state index in [0.29, 0.717) is 20.9 Å². The monoisotopic (exact) mass is 342 g/mol. The van der Waals surface area contributed by atoms with Crippen LogP contribution >= 0.6 is 11.3 Å². The van der Waals surface area contributed by atoms with Crippen molar-refractivity contribution in [3.8, 4) is 10.4 Å². The van der Waals surface area contributed by atoms with Crippen LogP contribution in [0.15, 0.2) is 45.6 Å². The number of fused-ring (bicyclic) bond motifs is 1. The molecule has 1 aromatic carbocycles. The van der Waals surface area contributed by atoms with Gasteiger partial charge in [0.15, 0.2) is 0 Å². The van der Waals surface area contributed by atoms with Gasteiger partial charge in [-0.25, -0.2) is 9.59 Å². The Morgan fingerprint density at radius 2 is 1.96 bits per heavy atom. The van der Waals surface area contributed by atoms with Crippen LogP contribution in [0.25, 0.3) is 21.4 Å². The van der Waals surface area contributed by atoms with Crippen LogP contribution in [0.1, 0.15) is 22.2 Å². The second-order valence-electron chi connectivity index (χ2n) is 5.12. The van der Waals surface area contributed by atoms with E-state index in [1.54, 1.807) is 38.1 Å². The zero-order valence-corrected chi connectivity index (χ0v) is 13.9. The number of rotatable bonds is 4. The van der Waals surface area contributed by atoms with Crippen LogP contribution in [0.4, 0.5) is 0 Å². The summed E-state index contributed by atoms with van der Waals surface area (Å²) in [6.07, 6.45) is 0. The van der Waals surface area contributed by atoms with Crippen molar-refractivity contribution in [2.75, 3.05) is 6.61 Å². The van der Waals surface area contributed by atoms with Gasteiger partial charge in [0.25, 0.3) is 5.78 Å². The van der Waals surface area contributed by atoms with Gasteiger partial charge in [0, 0.05) is 20.7 Å². The summed E-state index contributed by atoms with van der Waals surface area (Å²) in [5, 5.41) is 0.788. The van der Waals surface area contributed by atoms with E-state index < -0.39 is 17.4 Å². The van der Waals surface area contributed by atoms with Crippen molar-refractivity contribution in [3.63, 3.8) is 0 Å². The molecule has 24 heavy (non-hydrogen) atoms. The highest BCUT2D eigenvalue weighted by Crippen LogP contribution is 2.31. The molecule has 0 bridgehead atoms. The van der Waals surface area contributed by atoms with Crippen molar-refractivity contribution in [2.24, 2.45) is 0 Å². The third-order valence-electron chi connectivity index (χ3n) is 3.53. The number of hydrogen-bond acceptors (Lipinski definition) is 6. The molecule has 3 aromatic rings. The van der Waals surface area contributed by atoms with Crippen LogP contribution in [0.3, 0.4) is 0 Å². The van der Waals surface area contributed by atoms with Crippen LogP contribution in [0.2, 0.25) is 0 Å². The van der Waals surface area contributed by atoms with Gasteiger partial charge < -0.3 is 9.15 Å². The topological polar surface area (TPSA) is 73.6 Å². The molecule has 0 spiro atoms. The van der Waals surface area contributed by atoms with Crippen LogP contribution in [-0.4, -0.2) is 18.4 Å². The Morgan fingerprint density at radius 1 is 1.21 bits per heavy atom. The summed E-state index contributed by atoms with van der Waals surface area (Å²) < 4.78 is 10.1. The fourth-order valence-corrected chi connectivity index (χ4v) is 3.40. The van der Waals surface area contributed by atoms with Gasteiger partial charge in [-0.2, -0.15) is 0 Å². The van der Waals surface area contributed by atoms with Gasteiger partial charge in [-0.15, -0.1) is 11.3 Å². The molecular formula is C18H14O5S. The van der Waals surface area contributed by atoms with Gasteiger partial charge in [0.05, 0.1) is 12.2 Å². The third kappa shape index (κ3) is 2.88. The van der Waals surface area contributed by atoms with E-state index in [1.807, 2.05) is 12.1 Å². The Bertz CT molecular complexity index is 996. The molecule has 0 N–H and O–H groups in total. The minimum absolute atomic E-state index is 0.134. The molecular weight excluding hydrogens is 328 g/mol. The van der Waals surface area contributed by atoms with Gasteiger partial charge in [0.2, 0.25) is 0 Å². The van der Waals surface area contributed by atoms with Gasteiger partial charge >= 0.3 is 11.6 Å². The van der Waals surface area contributed by atoms with Gasteiger partial charge in [0.1, 0.15) is 5.58 Å². The lowest BCUT2D eigenvalue weighted by Gasteiger charge is -2.00. The number of benzene rings is 1. The number of Topliss-reactive ketones (excluding diaryl/α,β-unsaturated/α-hetero) is 1. The Hall–Kier alpha value is -2.73. The van der Waals surface area contributed by atoms with Crippen molar-refractivity contribution in [1.82, 2.24) is 0 Å². The first-order chi connectivity index (χ1) is 11.5. The number of ether oxygens (including phenoxy) is 1. The lowest BCUT2D eigenvalue weighted by molar-refractivity contribution is -0.137. The van der Waals surface area contributed by atoms with Gasteiger partial charge in [-0.05, 0) is 32.0 Å². The van der Waals surface area contributed by atoms with E-state index in [2.05, 4.69) is 0 Å². The second-order valence-corrected chi connectivity index (χ2v) is 6.37. The average Bonchev–Trinajstić information content (AvgIpc) is 2.95. The lowest BCUT2D eigenvalue weighted by atomic mass is 10.1. The third-order valence-corrected chi connectivity index (χ3v) is 4.61. The molecule has 0 aliphatic heterocycles. The molecule has 2 heterocycles. The summed E-state index contributed by atoms with van der Waals surface area (Å²) in [7, 11) is 0. The highest BCUT2D eigenvalue weighted by atomic mass is 32.1. The normalized spacial score (nSPS) is 10.8. The van der Waals surface area contributed by atoms with Gasteiger partial charge in [-0.1, -0.05) is 18.2 Å². The number of carbonyl (C=O) groups excluding carboxylic acids is 2. The molecule has 0 aliphatic rings. The molecule has 2 aromatic heterocycles. The maximum absolute atomic E-state index is 12.2. The Balaban J connectivity index is 2.07. The summed E-state index contributed by atoms with van der Waals surface area (Å²) >= 11 is 1.27. The van der Waals surface area contributed by atoms with Crippen molar-refractivity contribution in [3.05, 3.63) is 57.3 Å². The minimum Gasteiger partial charge on any atom is -0.460 e. The SMILES string of the molecule is CCOC(=O)C(=O)c1cc(-c2cc3ccccc3oc2=O)sc1C. The number of aryl methyl sites for hydroxylation is 1. The molecule has 0 saturated heterocycles. The van der Waals surface area contributed by atoms with E-state index >= 15 is 0 Å². The molecule has 5 nitrogen and oxygen atoms in total. The first kappa shape index (κ1) is 16.1. The summed E-state index contributed by atoms with van der Waals surface area (Å²) in [6.45, 7) is 3.50. The zero-order chi connectivity index (χ0) is 17.3. The maximum Gasteiger partial charge on any atom is 0.379 e. The average molecular weight is 342 g/mol. The smallest absolute Gasteiger partial charge is 0.379 e. The molecule has 0 fully saturated rings. The standard InChI is InChI=1S/C18H14O5S/c1-3-22-18(21)16(19)12-9-15(24-10(12)2)13-8-11-6-4-5-7-14(11)23-17(13)20/h4-9H,3H2,1-2H3. The lowest BCUT2D eigenvalue weighted by Crippen LogP contribution is -2.17. The van der Waals surface area contributed by atoms with E-state index in [9.17, 15) is 14.4 Å². The van der Waals surface area contributed by atoms with Crippen molar-refractivity contribution < 1.29 is 18.7 Å². The summed E-state index contributed by atoms with van der Waals surface area (Å²) in [4.78, 5) is 37.2. The molecule has 0 saturated carbocycles.